The molecule has 0 aromatic carbocycles. The summed E-state index contributed by atoms with van der Waals surface area (Å²) in [7, 11) is 0. The van der Waals surface area contributed by atoms with Crippen molar-refractivity contribution in [1.29, 1.82) is 0 Å². The van der Waals surface area contributed by atoms with Gasteiger partial charge in [-0.15, -0.1) is 0 Å². The number of nitrogens with one attached hydrogen (secondary N) is 1. The second-order valence-electron chi connectivity index (χ2n) is 20.0. The van der Waals surface area contributed by atoms with Gasteiger partial charge in [0.25, 0.3) is 0 Å². The maximum atomic E-state index is 13.1. The summed E-state index contributed by atoms with van der Waals surface area (Å²) < 4.78 is 11.1. The van der Waals surface area contributed by atoms with Gasteiger partial charge in [0, 0.05) is 0 Å². The van der Waals surface area contributed by atoms with E-state index in [0.29, 0.717) is 12.8 Å². The maximum Gasteiger partial charge on any atom is 0.249 e. The van der Waals surface area contributed by atoms with Gasteiger partial charge in [0.05, 0.1) is 25.4 Å². The molecule has 0 aromatic rings. The molecule has 9 unspecified atom stereocenters. The molecule has 1 fully saturated rings. The number of rotatable bonds is 48. The van der Waals surface area contributed by atoms with E-state index in [1.807, 2.05) is 0 Å². The molecule has 1 rings (SSSR count). The van der Waals surface area contributed by atoms with Gasteiger partial charge in [0.1, 0.15) is 36.6 Å². The first-order chi connectivity index (χ1) is 32.7. The second kappa shape index (κ2) is 45.7. The first-order valence-corrected chi connectivity index (χ1v) is 28.2. The Morgan fingerprint density at radius 3 is 1.30 bits per heavy atom. The fourth-order valence-electron chi connectivity index (χ4n) is 9.08. The van der Waals surface area contributed by atoms with Crippen LogP contribution in [0.4, 0.5) is 0 Å². The average molecular weight is 954 g/mol. The molecule has 0 bridgehead atoms. The zero-order valence-electron chi connectivity index (χ0n) is 43.1. The van der Waals surface area contributed by atoms with Crippen LogP contribution in [0.2, 0.25) is 0 Å². The van der Waals surface area contributed by atoms with Gasteiger partial charge in [-0.1, -0.05) is 218 Å². The van der Waals surface area contributed by atoms with E-state index in [2.05, 4.69) is 43.5 Å². The summed E-state index contributed by atoms with van der Waals surface area (Å²) in [4.78, 5) is 13.1. The molecule has 11 heteroatoms. The molecule has 1 aliphatic rings. The zero-order chi connectivity index (χ0) is 49.0. The van der Waals surface area contributed by atoms with Crippen LogP contribution in [0, 0.1) is 0 Å². The molecule has 1 aliphatic heterocycles. The lowest BCUT2D eigenvalue weighted by Gasteiger charge is -2.40. The lowest BCUT2D eigenvalue weighted by molar-refractivity contribution is -0.303. The minimum Gasteiger partial charge on any atom is -0.394 e. The van der Waals surface area contributed by atoms with Gasteiger partial charge in [-0.3, -0.25) is 4.79 Å². The summed E-state index contributed by atoms with van der Waals surface area (Å²) in [6.45, 7) is 3.44. The summed E-state index contributed by atoms with van der Waals surface area (Å²) in [5, 5.41) is 76.0. The Labute approximate surface area is 410 Å². The van der Waals surface area contributed by atoms with Crippen molar-refractivity contribution in [3.8, 4) is 0 Å². The zero-order valence-corrected chi connectivity index (χ0v) is 43.1. The summed E-state index contributed by atoms with van der Waals surface area (Å²) in [5.41, 5.74) is 0. The number of hydrogen-bond donors (Lipinski definition) is 8. The number of ether oxygens (including phenoxy) is 2. The SMILES string of the molecule is CCCCCC/C=C\CCCCCCCCC(O)C(=O)NC(COC1OC(CO)C(O)C(O)C1O)C(O)C(O)CCC/C=C/CCCCCCCCCCCCCCCCCCCCCCC. The van der Waals surface area contributed by atoms with E-state index < -0.39 is 74.2 Å². The molecule has 1 amide bonds. The number of allylic oxidation sites excluding steroid dienone is 4. The van der Waals surface area contributed by atoms with E-state index >= 15 is 0 Å². The first-order valence-electron chi connectivity index (χ1n) is 28.2. The topological polar surface area (TPSA) is 189 Å². The Kier molecular flexibility index (Phi) is 43.4. The van der Waals surface area contributed by atoms with Crippen LogP contribution in [0.5, 0.6) is 0 Å². The third kappa shape index (κ3) is 34.5. The van der Waals surface area contributed by atoms with Gasteiger partial charge in [0.2, 0.25) is 5.91 Å². The van der Waals surface area contributed by atoms with Gasteiger partial charge < -0.3 is 50.5 Å². The van der Waals surface area contributed by atoms with Crippen molar-refractivity contribution in [1.82, 2.24) is 5.32 Å². The van der Waals surface area contributed by atoms with Crippen molar-refractivity contribution in [3.05, 3.63) is 24.3 Å². The molecule has 8 N–H and O–H groups in total. The first kappa shape index (κ1) is 63.6. The fraction of sp³-hybridized carbons (Fsp3) is 0.911. The van der Waals surface area contributed by atoms with E-state index in [9.17, 15) is 40.5 Å². The van der Waals surface area contributed by atoms with Crippen LogP contribution in [-0.2, 0) is 14.3 Å². The fourth-order valence-corrected chi connectivity index (χ4v) is 9.08. The van der Waals surface area contributed by atoms with Crippen molar-refractivity contribution >= 4 is 5.91 Å². The van der Waals surface area contributed by atoms with Crippen molar-refractivity contribution in [2.45, 2.75) is 313 Å². The third-order valence-corrected chi connectivity index (χ3v) is 13.7. The molecule has 1 heterocycles. The molecule has 67 heavy (non-hydrogen) atoms. The Hall–Kier alpha value is -1.41. The van der Waals surface area contributed by atoms with Gasteiger partial charge in [-0.05, 0) is 64.2 Å². The van der Waals surface area contributed by atoms with Crippen LogP contribution in [0.1, 0.15) is 258 Å². The molecular weight excluding hydrogens is 847 g/mol. The molecular formula is C56H107NO10. The molecule has 0 spiro atoms. The second-order valence-corrected chi connectivity index (χ2v) is 20.0. The standard InChI is InChI=1S/C56H107NO10/c1-3-5-7-9-11-13-15-17-19-20-21-22-23-24-25-26-27-28-29-30-32-33-35-37-39-41-43-48(59)51(61)47(46-66-56-54(64)53(63)52(62)50(45-58)67-56)57-55(65)49(60)44-42-40-38-36-34-31-18-16-14-12-10-8-6-4-2/h14,16,35,37,47-54,56,58-64H,3-13,15,17-34,36,38-46H2,1-2H3,(H,57,65)/b16-14-,37-35+. The summed E-state index contributed by atoms with van der Waals surface area (Å²) in [5.74, 6) is -0.710. The Balaban J connectivity index is 2.31. The molecule has 0 radical (unpaired) electrons. The normalized spacial score (nSPS) is 20.8. The molecule has 1 saturated heterocycles. The molecule has 0 saturated carbocycles. The lowest BCUT2D eigenvalue weighted by Crippen LogP contribution is -2.60. The minimum absolute atomic E-state index is 0.247. The highest BCUT2D eigenvalue weighted by molar-refractivity contribution is 5.80. The predicted molar refractivity (Wildman–Crippen MR) is 275 cm³/mol. The van der Waals surface area contributed by atoms with Crippen LogP contribution < -0.4 is 5.32 Å². The highest BCUT2D eigenvalue weighted by atomic mass is 16.7. The lowest BCUT2D eigenvalue weighted by atomic mass is 9.98. The van der Waals surface area contributed by atoms with Crippen molar-refractivity contribution in [2.24, 2.45) is 0 Å². The Morgan fingerprint density at radius 1 is 0.507 bits per heavy atom. The van der Waals surface area contributed by atoms with Crippen LogP contribution in [0.3, 0.4) is 0 Å². The van der Waals surface area contributed by atoms with Crippen LogP contribution >= 0.6 is 0 Å². The van der Waals surface area contributed by atoms with Crippen molar-refractivity contribution < 1.29 is 50.0 Å². The van der Waals surface area contributed by atoms with Crippen molar-refractivity contribution in [3.63, 3.8) is 0 Å². The van der Waals surface area contributed by atoms with E-state index in [1.165, 1.54) is 161 Å². The highest BCUT2D eigenvalue weighted by Gasteiger charge is 2.44. The largest absolute Gasteiger partial charge is 0.394 e. The maximum absolute atomic E-state index is 13.1. The van der Waals surface area contributed by atoms with Gasteiger partial charge in [0.15, 0.2) is 6.29 Å². The number of carbonyl (C=O) groups is 1. The molecule has 9 atom stereocenters. The Bertz CT molecular complexity index is 1140. The highest BCUT2D eigenvalue weighted by Crippen LogP contribution is 2.23. The summed E-state index contributed by atoms with van der Waals surface area (Å²) in [6, 6.07) is -1.19. The number of aliphatic hydroxyl groups is 7. The van der Waals surface area contributed by atoms with Gasteiger partial charge in [-0.25, -0.2) is 0 Å². The average Bonchev–Trinajstić information content (AvgIpc) is 3.33. The van der Waals surface area contributed by atoms with Crippen LogP contribution in [-0.4, -0.2) is 110 Å². The minimum atomic E-state index is -1.67. The van der Waals surface area contributed by atoms with Crippen molar-refractivity contribution in [2.75, 3.05) is 13.2 Å². The number of aliphatic hydroxyl groups excluding tert-OH is 7. The molecule has 396 valence electrons. The van der Waals surface area contributed by atoms with E-state index in [-0.39, 0.29) is 12.8 Å². The molecule has 0 aromatic heterocycles. The van der Waals surface area contributed by atoms with Crippen LogP contribution in [0.25, 0.3) is 0 Å². The summed E-state index contributed by atoms with van der Waals surface area (Å²) in [6.07, 6.45) is 42.4. The van der Waals surface area contributed by atoms with E-state index in [1.54, 1.807) is 0 Å². The molecule has 0 aliphatic carbocycles. The molecule has 11 nitrogen and oxygen atoms in total. The monoisotopic (exact) mass is 954 g/mol. The van der Waals surface area contributed by atoms with E-state index in [4.69, 9.17) is 9.47 Å². The quantitative estimate of drug-likeness (QED) is 0.0215. The predicted octanol–water partition coefficient (Wildman–Crippen LogP) is 11.3. The van der Waals surface area contributed by atoms with E-state index in [0.717, 1.165) is 57.8 Å². The number of hydrogen-bond acceptors (Lipinski definition) is 10. The van der Waals surface area contributed by atoms with Crippen LogP contribution in [0.15, 0.2) is 24.3 Å². The summed E-state index contributed by atoms with van der Waals surface area (Å²) >= 11 is 0. The smallest absolute Gasteiger partial charge is 0.249 e. The number of carbonyl (C=O) groups excluding carboxylic acids is 1. The van der Waals surface area contributed by atoms with Gasteiger partial charge in [-0.2, -0.15) is 0 Å². The Morgan fingerprint density at radius 2 is 0.881 bits per heavy atom. The third-order valence-electron chi connectivity index (χ3n) is 13.7. The number of amides is 1. The van der Waals surface area contributed by atoms with Gasteiger partial charge >= 0.3 is 0 Å². The number of unbranched alkanes of at least 4 members (excludes halogenated alkanes) is 32.